The highest BCUT2D eigenvalue weighted by Gasteiger charge is 2.34. The van der Waals surface area contributed by atoms with Crippen LogP contribution in [0.15, 0.2) is 48.0 Å². The van der Waals surface area contributed by atoms with E-state index in [4.69, 9.17) is 23.2 Å². The molecule has 0 atom stereocenters. The molecule has 1 aliphatic rings. The fourth-order valence-electron chi connectivity index (χ4n) is 2.12. The molecule has 1 heterocycles. The molecule has 0 saturated carbocycles. The standard InChI is InChI=1S/C16H9Cl2FN2O2/c17-13-3-1-2-9(14(13)18)8-12-15(22)20-21(16(12)23)11-6-4-10(19)5-7-11/h1-8H,(H,20,22). The highest BCUT2D eigenvalue weighted by Crippen LogP contribution is 2.29. The van der Waals surface area contributed by atoms with E-state index in [1.54, 1.807) is 18.2 Å². The van der Waals surface area contributed by atoms with E-state index >= 15 is 0 Å². The van der Waals surface area contributed by atoms with Gasteiger partial charge in [0.2, 0.25) is 0 Å². The summed E-state index contributed by atoms with van der Waals surface area (Å²) in [6.07, 6.45) is 1.37. The molecule has 0 radical (unpaired) electrons. The molecular weight excluding hydrogens is 342 g/mol. The van der Waals surface area contributed by atoms with Crippen LogP contribution in [0, 0.1) is 5.82 Å². The Hall–Kier alpha value is -2.37. The third-order valence-electron chi connectivity index (χ3n) is 3.26. The van der Waals surface area contributed by atoms with Crippen molar-refractivity contribution >= 4 is 46.8 Å². The van der Waals surface area contributed by atoms with Crippen LogP contribution < -0.4 is 10.4 Å². The second kappa shape index (κ2) is 6.02. The molecule has 3 rings (SSSR count). The molecule has 1 fully saturated rings. The summed E-state index contributed by atoms with van der Waals surface area (Å²) in [6.45, 7) is 0. The molecule has 0 bridgehead atoms. The second-order valence-electron chi connectivity index (χ2n) is 4.76. The number of hydrogen-bond donors (Lipinski definition) is 1. The maximum atomic E-state index is 13.0. The van der Waals surface area contributed by atoms with Gasteiger partial charge in [0, 0.05) is 0 Å². The van der Waals surface area contributed by atoms with Gasteiger partial charge in [-0.2, -0.15) is 0 Å². The van der Waals surface area contributed by atoms with Gasteiger partial charge in [-0.3, -0.25) is 15.0 Å². The first-order valence-corrected chi connectivity index (χ1v) is 7.29. The van der Waals surface area contributed by atoms with Crippen molar-refractivity contribution in [2.24, 2.45) is 0 Å². The second-order valence-corrected chi connectivity index (χ2v) is 5.54. The molecule has 0 aromatic heterocycles. The van der Waals surface area contributed by atoms with Crippen LogP contribution in [-0.2, 0) is 9.59 Å². The van der Waals surface area contributed by atoms with Crippen molar-refractivity contribution in [2.45, 2.75) is 0 Å². The van der Waals surface area contributed by atoms with E-state index in [-0.39, 0.29) is 10.6 Å². The van der Waals surface area contributed by atoms with Gasteiger partial charge in [-0.05, 0) is 42.0 Å². The molecule has 1 N–H and O–H groups in total. The van der Waals surface area contributed by atoms with Gasteiger partial charge >= 0.3 is 0 Å². The number of halogens is 3. The smallest absolute Gasteiger partial charge is 0.267 e. The maximum Gasteiger partial charge on any atom is 0.282 e. The number of rotatable bonds is 2. The largest absolute Gasteiger partial charge is 0.282 e. The van der Waals surface area contributed by atoms with Crippen LogP contribution in [0.5, 0.6) is 0 Å². The number of hydrogen-bond acceptors (Lipinski definition) is 2. The first-order chi connectivity index (χ1) is 11.0. The molecular formula is C16H9Cl2FN2O2. The Balaban J connectivity index is 1.97. The lowest BCUT2D eigenvalue weighted by molar-refractivity contribution is -0.117. The zero-order valence-corrected chi connectivity index (χ0v) is 13.0. The molecule has 0 spiro atoms. The van der Waals surface area contributed by atoms with Gasteiger partial charge < -0.3 is 0 Å². The zero-order chi connectivity index (χ0) is 16.6. The van der Waals surface area contributed by atoms with Crippen molar-refractivity contribution in [3.63, 3.8) is 0 Å². The third kappa shape index (κ3) is 2.93. The van der Waals surface area contributed by atoms with E-state index in [0.29, 0.717) is 16.3 Å². The Morgan fingerprint density at radius 3 is 2.43 bits per heavy atom. The van der Waals surface area contributed by atoms with Gasteiger partial charge in [0.25, 0.3) is 11.8 Å². The Labute approximate surface area is 141 Å². The molecule has 2 aromatic carbocycles. The Morgan fingerprint density at radius 1 is 1.04 bits per heavy atom. The summed E-state index contributed by atoms with van der Waals surface area (Å²) in [4.78, 5) is 24.5. The minimum atomic E-state index is -0.574. The van der Waals surface area contributed by atoms with Gasteiger partial charge in [0.1, 0.15) is 11.4 Å². The van der Waals surface area contributed by atoms with Gasteiger partial charge in [0.05, 0.1) is 15.7 Å². The molecule has 1 aliphatic heterocycles. The lowest BCUT2D eigenvalue weighted by Gasteiger charge is -2.14. The summed E-state index contributed by atoms with van der Waals surface area (Å²) < 4.78 is 13.0. The first-order valence-electron chi connectivity index (χ1n) is 6.54. The molecule has 0 aliphatic carbocycles. The van der Waals surface area contributed by atoms with Crippen LogP contribution in [0.1, 0.15) is 5.56 Å². The summed E-state index contributed by atoms with van der Waals surface area (Å²) in [5, 5.41) is 1.62. The number of amides is 2. The van der Waals surface area contributed by atoms with Gasteiger partial charge in [-0.15, -0.1) is 0 Å². The molecule has 116 valence electrons. The Morgan fingerprint density at radius 2 is 1.74 bits per heavy atom. The third-order valence-corrected chi connectivity index (χ3v) is 4.09. The highest BCUT2D eigenvalue weighted by molar-refractivity contribution is 6.43. The van der Waals surface area contributed by atoms with Gasteiger partial charge in [0.15, 0.2) is 0 Å². The average Bonchev–Trinajstić information content (AvgIpc) is 2.80. The minimum absolute atomic E-state index is 0.0847. The molecule has 1 saturated heterocycles. The Bertz CT molecular complexity index is 834. The molecule has 0 unspecified atom stereocenters. The summed E-state index contributed by atoms with van der Waals surface area (Å²) in [6, 6.07) is 10.1. The Kier molecular flexibility index (Phi) is 4.07. The number of carbonyl (C=O) groups is 2. The molecule has 2 amide bonds. The van der Waals surface area contributed by atoms with Gasteiger partial charge in [-0.25, -0.2) is 9.40 Å². The van der Waals surface area contributed by atoms with Crippen molar-refractivity contribution in [2.75, 3.05) is 5.01 Å². The van der Waals surface area contributed by atoms with Crippen LogP contribution >= 0.6 is 23.2 Å². The lowest BCUT2D eigenvalue weighted by Crippen LogP contribution is -2.35. The number of anilines is 1. The molecule has 2 aromatic rings. The molecule has 4 nitrogen and oxygen atoms in total. The van der Waals surface area contributed by atoms with E-state index in [9.17, 15) is 14.0 Å². The van der Waals surface area contributed by atoms with Crippen molar-refractivity contribution in [1.29, 1.82) is 0 Å². The number of nitrogens with zero attached hydrogens (tertiary/aromatic N) is 1. The van der Waals surface area contributed by atoms with Crippen molar-refractivity contribution in [1.82, 2.24) is 5.43 Å². The first kappa shape index (κ1) is 15.5. The summed E-state index contributed by atoms with van der Waals surface area (Å²) in [5.41, 5.74) is 3.15. The monoisotopic (exact) mass is 350 g/mol. The van der Waals surface area contributed by atoms with E-state index in [1.807, 2.05) is 0 Å². The number of hydrazine groups is 1. The van der Waals surface area contributed by atoms with Crippen LogP contribution in [0.2, 0.25) is 10.0 Å². The summed E-state index contributed by atoms with van der Waals surface area (Å²) >= 11 is 12.0. The minimum Gasteiger partial charge on any atom is -0.267 e. The topological polar surface area (TPSA) is 49.4 Å². The van der Waals surface area contributed by atoms with E-state index in [0.717, 1.165) is 5.01 Å². The van der Waals surface area contributed by atoms with E-state index < -0.39 is 17.6 Å². The lowest BCUT2D eigenvalue weighted by atomic mass is 10.1. The summed E-state index contributed by atoms with van der Waals surface area (Å²) in [5.74, 6) is -1.57. The van der Waals surface area contributed by atoms with Crippen LogP contribution in [0.3, 0.4) is 0 Å². The quantitative estimate of drug-likeness (QED) is 0.664. The van der Waals surface area contributed by atoms with Crippen LogP contribution in [0.25, 0.3) is 6.08 Å². The highest BCUT2D eigenvalue weighted by atomic mass is 35.5. The van der Waals surface area contributed by atoms with Crippen molar-refractivity contribution in [3.05, 3.63) is 69.5 Å². The SMILES string of the molecule is O=C1NN(c2ccc(F)cc2)C(=O)C1=Cc1cccc(Cl)c1Cl. The van der Waals surface area contributed by atoms with E-state index in [2.05, 4.69) is 5.43 Å². The number of benzene rings is 2. The predicted molar refractivity (Wildman–Crippen MR) is 86.5 cm³/mol. The number of carbonyl (C=O) groups excluding carboxylic acids is 2. The molecule has 7 heteroatoms. The normalized spacial score (nSPS) is 16.1. The fraction of sp³-hybridized carbons (Fsp3) is 0. The maximum absolute atomic E-state index is 13.0. The predicted octanol–water partition coefficient (Wildman–Crippen LogP) is 3.59. The van der Waals surface area contributed by atoms with Crippen molar-refractivity contribution in [3.8, 4) is 0 Å². The number of nitrogens with one attached hydrogen (secondary N) is 1. The zero-order valence-electron chi connectivity index (χ0n) is 11.5. The summed E-state index contributed by atoms with van der Waals surface area (Å²) in [7, 11) is 0. The van der Waals surface area contributed by atoms with Crippen LogP contribution in [-0.4, -0.2) is 11.8 Å². The molecule has 23 heavy (non-hydrogen) atoms. The average molecular weight is 351 g/mol. The van der Waals surface area contributed by atoms with Crippen LogP contribution in [0.4, 0.5) is 10.1 Å². The van der Waals surface area contributed by atoms with Crippen molar-refractivity contribution < 1.29 is 14.0 Å². The van der Waals surface area contributed by atoms with Gasteiger partial charge in [-0.1, -0.05) is 35.3 Å². The van der Waals surface area contributed by atoms with E-state index in [1.165, 1.54) is 30.3 Å². The fourth-order valence-corrected chi connectivity index (χ4v) is 2.48.